The number of benzene rings is 4. The molecule has 10 N–H and O–H groups in total. The smallest absolute Gasteiger partial charge is 0.347 e. The van der Waals surface area contributed by atoms with E-state index >= 15 is 0 Å². The molecule has 0 saturated heterocycles. The van der Waals surface area contributed by atoms with Crippen LogP contribution in [0.1, 0.15) is 27.7 Å². The lowest BCUT2D eigenvalue weighted by molar-refractivity contribution is -0.159. The van der Waals surface area contributed by atoms with Gasteiger partial charge in [-0.05, 0) is 125 Å². The van der Waals surface area contributed by atoms with E-state index in [1.165, 1.54) is 6.92 Å². The number of esters is 3. The van der Waals surface area contributed by atoms with Gasteiger partial charge in [0, 0.05) is 22.7 Å². The third-order valence-electron chi connectivity index (χ3n) is 7.02. The average molecular weight is 795 g/mol. The second-order valence-corrected chi connectivity index (χ2v) is 11.9. The number of carboxylic acid groups (broad SMARTS) is 1. The average Bonchev–Trinajstić information content (AvgIpc) is 3.19. The summed E-state index contributed by atoms with van der Waals surface area (Å²) in [6, 6.07) is 26.6. The number of aliphatic carboxylic acids is 1. The second-order valence-electron chi connectivity index (χ2n) is 11.9. The van der Waals surface area contributed by atoms with Crippen molar-refractivity contribution in [2.75, 3.05) is 49.4 Å². The molecule has 4 unspecified atom stereocenters. The maximum Gasteiger partial charge on any atom is 0.347 e. The molecule has 0 aliphatic rings. The number of nitrogen functional groups attached to an aromatic ring is 4. The van der Waals surface area contributed by atoms with Gasteiger partial charge >= 0.3 is 23.9 Å². The van der Waals surface area contributed by atoms with Crippen LogP contribution < -0.4 is 41.9 Å². The summed E-state index contributed by atoms with van der Waals surface area (Å²) in [5.74, 6) is -0.593. The molecule has 57 heavy (non-hydrogen) atoms. The predicted molar refractivity (Wildman–Crippen MR) is 211 cm³/mol. The molecule has 308 valence electrons. The van der Waals surface area contributed by atoms with Crippen LogP contribution in [0.25, 0.3) is 0 Å². The van der Waals surface area contributed by atoms with Gasteiger partial charge in [-0.25, -0.2) is 19.2 Å². The van der Waals surface area contributed by atoms with Gasteiger partial charge in [-0.15, -0.1) is 0 Å². The van der Waals surface area contributed by atoms with Gasteiger partial charge in [0.05, 0.1) is 6.61 Å². The third-order valence-corrected chi connectivity index (χ3v) is 7.02. The van der Waals surface area contributed by atoms with Crippen molar-refractivity contribution in [3.63, 3.8) is 0 Å². The zero-order valence-electron chi connectivity index (χ0n) is 32.1. The molecular formula is C40H50N4O13. The lowest BCUT2D eigenvalue weighted by Crippen LogP contribution is -2.29. The Labute approximate surface area is 330 Å². The summed E-state index contributed by atoms with van der Waals surface area (Å²) >= 11 is 0. The minimum absolute atomic E-state index is 0.0196. The zero-order valence-corrected chi connectivity index (χ0v) is 32.1. The molecule has 17 nitrogen and oxygen atoms in total. The van der Waals surface area contributed by atoms with Gasteiger partial charge < -0.3 is 66.3 Å². The summed E-state index contributed by atoms with van der Waals surface area (Å²) in [6.07, 6.45) is -3.18. The highest BCUT2D eigenvalue weighted by atomic mass is 16.6. The SMILES string of the molecule is CC(Oc1ccc(N)cc1)C(=O)O.CC(Oc1ccc(N)cc1)C(=O)OCCO.CC(Oc1ccc(N)cc1)C(=O)OCCOC(=O)C(C)Oc1ccc(N)cc1. The van der Waals surface area contributed by atoms with Gasteiger partial charge in [0.2, 0.25) is 0 Å². The highest BCUT2D eigenvalue weighted by Gasteiger charge is 2.19. The van der Waals surface area contributed by atoms with Crippen LogP contribution in [0.3, 0.4) is 0 Å². The Morgan fingerprint density at radius 2 is 0.667 bits per heavy atom. The van der Waals surface area contributed by atoms with E-state index in [4.69, 9.17) is 66.3 Å². The minimum atomic E-state index is -0.989. The topological polar surface area (TPSA) is 277 Å². The first kappa shape index (κ1) is 46.3. The Morgan fingerprint density at radius 3 is 0.895 bits per heavy atom. The van der Waals surface area contributed by atoms with Gasteiger partial charge in [-0.1, -0.05) is 0 Å². The minimum Gasteiger partial charge on any atom is -0.479 e. The maximum atomic E-state index is 11.9. The molecule has 4 aromatic carbocycles. The van der Waals surface area contributed by atoms with E-state index in [-0.39, 0.29) is 26.4 Å². The van der Waals surface area contributed by atoms with E-state index in [2.05, 4.69) is 0 Å². The molecule has 0 heterocycles. The van der Waals surface area contributed by atoms with Crippen molar-refractivity contribution in [1.29, 1.82) is 0 Å². The number of hydrogen-bond acceptors (Lipinski definition) is 16. The third kappa shape index (κ3) is 18.8. The fraction of sp³-hybridized carbons (Fsp3) is 0.300. The van der Waals surface area contributed by atoms with Crippen LogP contribution in [0.2, 0.25) is 0 Å². The van der Waals surface area contributed by atoms with Crippen LogP contribution in [0.5, 0.6) is 23.0 Å². The molecule has 17 heteroatoms. The highest BCUT2D eigenvalue weighted by molar-refractivity contribution is 5.76. The van der Waals surface area contributed by atoms with Gasteiger partial charge in [0.1, 0.15) is 42.8 Å². The highest BCUT2D eigenvalue weighted by Crippen LogP contribution is 2.18. The van der Waals surface area contributed by atoms with Crippen LogP contribution in [0.15, 0.2) is 97.1 Å². The Bertz CT molecular complexity index is 1740. The lowest BCUT2D eigenvalue weighted by Gasteiger charge is -2.15. The maximum absolute atomic E-state index is 11.9. The van der Waals surface area contributed by atoms with Crippen molar-refractivity contribution in [2.24, 2.45) is 0 Å². The van der Waals surface area contributed by atoms with E-state index in [9.17, 15) is 19.2 Å². The molecule has 0 aliphatic heterocycles. The summed E-state index contributed by atoms with van der Waals surface area (Å²) in [7, 11) is 0. The number of carbonyl (C=O) groups excluding carboxylic acids is 3. The summed E-state index contributed by atoms with van der Waals surface area (Å²) < 4.78 is 36.1. The first-order valence-corrected chi connectivity index (χ1v) is 17.5. The number of ether oxygens (including phenoxy) is 7. The van der Waals surface area contributed by atoms with E-state index < -0.39 is 48.3 Å². The summed E-state index contributed by atoms with van der Waals surface area (Å²) in [6.45, 7) is 5.78. The number of rotatable bonds is 17. The summed E-state index contributed by atoms with van der Waals surface area (Å²) in [4.78, 5) is 45.5. The standard InChI is InChI=1S/C20H24N2O6.C11H15NO4.C9H11NO3/c1-13(27-17-7-3-15(21)4-8-17)19(23)25-11-12-26-20(24)14(2)28-18-9-5-16(22)6-10-18;1-8(11(14)15-7-6-13)16-10-4-2-9(12)3-5-10;1-6(9(11)12)13-8-4-2-7(10)3-5-8/h3-10,13-14H,11-12,21-22H2,1-2H3;2-5,8,13H,6-7,12H2,1H3;2-6H,10H2,1H3,(H,11,12). The molecule has 0 spiro atoms. The number of aliphatic hydroxyl groups is 1. The summed E-state index contributed by atoms with van der Waals surface area (Å²) in [5.41, 5.74) is 24.6. The Balaban J connectivity index is 0.000000326. The Morgan fingerprint density at radius 1 is 0.439 bits per heavy atom. The van der Waals surface area contributed by atoms with E-state index in [0.29, 0.717) is 45.7 Å². The first-order chi connectivity index (χ1) is 27.1. The number of carbonyl (C=O) groups is 4. The van der Waals surface area contributed by atoms with E-state index in [1.54, 1.807) is 118 Å². The van der Waals surface area contributed by atoms with E-state index in [1.807, 2.05) is 0 Å². The number of nitrogens with two attached hydrogens (primary N) is 4. The largest absolute Gasteiger partial charge is 0.479 e. The van der Waals surface area contributed by atoms with Crippen molar-refractivity contribution in [3.05, 3.63) is 97.1 Å². The molecule has 0 saturated carbocycles. The molecule has 0 aliphatic carbocycles. The van der Waals surface area contributed by atoms with Gasteiger partial charge in [0.25, 0.3) is 0 Å². The number of carboxylic acids is 1. The molecule has 4 aromatic rings. The zero-order chi connectivity index (χ0) is 42.3. The normalized spacial score (nSPS) is 12.2. The molecule has 0 fully saturated rings. The summed E-state index contributed by atoms with van der Waals surface area (Å²) in [5, 5.41) is 17.0. The quantitative estimate of drug-likeness (QED) is 0.0383. The first-order valence-electron chi connectivity index (χ1n) is 17.5. The molecule has 4 rings (SSSR count). The molecule has 0 radical (unpaired) electrons. The molecule has 4 atom stereocenters. The molecule has 0 amide bonds. The predicted octanol–water partition coefficient (Wildman–Crippen LogP) is 3.86. The monoisotopic (exact) mass is 794 g/mol. The van der Waals surface area contributed by atoms with Crippen molar-refractivity contribution < 1.29 is 62.5 Å². The molecular weight excluding hydrogens is 744 g/mol. The van der Waals surface area contributed by atoms with Crippen LogP contribution in [0.4, 0.5) is 22.7 Å². The van der Waals surface area contributed by atoms with Crippen LogP contribution in [-0.2, 0) is 33.4 Å². The van der Waals surface area contributed by atoms with Crippen LogP contribution in [-0.4, -0.2) is 84.9 Å². The van der Waals surface area contributed by atoms with Crippen molar-refractivity contribution in [2.45, 2.75) is 52.1 Å². The fourth-order valence-electron chi connectivity index (χ4n) is 3.98. The van der Waals surface area contributed by atoms with Crippen LogP contribution >= 0.6 is 0 Å². The Hall–Kier alpha value is -6.88. The van der Waals surface area contributed by atoms with Gasteiger partial charge in [0.15, 0.2) is 24.4 Å². The second kappa shape index (κ2) is 24.5. The van der Waals surface area contributed by atoms with Crippen LogP contribution in [0, 0.1) is 0 Å². The number of aliphatic hydroxyl groups excluding tert-OH is 1. The Kier molecular flexibility index (Phi) is 19.9. The lowest BCUT2D eigenvalue weighted by atomic mass is 10.3. The molecule has 0 bridgehead atoms. The van der Waals surface area contributed by atoms with Gasteiger partial charge in [-0.2, -0.15) is 0 Å². The number of anilines is 4. The molecule has 0 aromatic heterocycles. The van der Waals surface area contributed by atoms with Crippen molar-refractivity contribution in [3.8, 4) is 23.0 Å². The number of hydrogen-bond donors (Lipinski definition) is 6. The van der Waals surface area contributed by atoms with Crippen molar-refractivity contribution in [1.82, 2.24) is 0 Å². The van der Waals surface area contributed by atoms with Gasteiger partial charge in [-0.3, -0.25) is 0 Å². The fourth-order valence-corrected chi connectivity index (χ4v) is 3.98. The van der Waals surface area contributed by atoms with E-state index in [0.717, 1.165) is 0 Å². The van der Waals surface area contributed by atoms with Crippen molar-refractivity contribution >= 4 is 46.6 Å².